The van der Waals surface area contributed by atoms with E-state index in [1.54, 1.807) is 18.3 Å². The number of nitrogens with zero attached hydrogens (tertiary/aromatic N) is 2. The summed E-state index contributed by atoms with van der Waals surface area (Å²) in [4.78, 5) is 0. The summed E-state index contributed by atoms with van der Waals surface area (Å²) in [6, 6.07) is 20.5. The number of thiocarbonyl (C=S) groups is 1. The van der Waals surface area contributed by atoms with Crippen LogP contribution in [-0.4, -0.2) is 21.0 Å². The van der Waals surface area contributed by atoms with Crippen molar-refractivity contribution in [2.24, 2.45) is 5.10 Å². The predicted octanol–water partition coefficient (Wildman–Crippen LogP) is 3.50. The minimum atomic E-state index is 0.236. The van der Waals surface area contributed by atoms with Crippen LogP contribution in [0.25, 0.3) is 5.69 Å². The summed E-state index contributed by atoms with van der Waals surface area (Å²) < 4.78 is 1.96. The fourth-order valence-electron chi connectivity index (χ4n) is 2.19. The summed E-state index contributed by atoms with van der Waals surface area (Å²) in [5.41, 5.74) is 5.51. The molecular formula is C18H16N4OS. The smallest absolute Gasteiger partial charge is 0.191 e. The van der Waals surface area contributed by atoms with E-state index in [1.807, 2.05) is 65.4 Å². The number of hydrogen-bond donors (Lipinski definition) is 3. The number of aromatic hydroxyl groups is 1. The third-order valence-corrected chi connectivity index (χ3v) is 3.50. The third-order valence-electron chi connectivity index (χ3n) is 3.30. The Morgan fingerprint density at radius 2 is 1.75 bits per heavy atom. The molecule has 0 spiro atoms. The molecule has 0 aliphatic carbocycles. The molecule has 0 fully saturated rings. The van der Waals surface area contributed by atoms with Gasteiger partial charge in [-0.3, -0.25) is 5.43 Å². The number of hydrogen-bond acceptors (Lipinski definition) is 3. The van der Waals surface area contributed by atoms with Crippen molar-refractivity contribution in [1.29, 1.82) is 0 Å². The Labute approximate surface area is 145 Å². The van der Waals surface area contributed by atoms with E-state index in [0.29, 0.717) is 5.11 Å². The number of nitrogens with one attached hydrogen (secondary N) is 2. The van der Waals surface area contributed by atoms with Crippen LogP contribution in [-0.2, 0) is 0 Å². The average molecular weight is 336 g/mol. The molecule has 0 atom stereocenters. The van der Waals surface area contributed by atoms with E-state index in [0.717, 1.165) is 17.1 Å². The standard InChI is InChI=1S/C18H16N4OS/c23-17-10-8-15(9-11-17)22-12-4-7-16(22)13-19-21-18(24)20-14-5-2-1-3-6-14/h1-13,23H,(H2,20,21,24). The van der Waals surface area contributed by atoms with Crippen molar-refractivity contribution in [3.05, 3.63) is 78.6 Å². The lowest BCUT2D eigenvalue weighted by atomic mass is 10.3. The van der Waals surface area contributed by atoms with Crippen LogP contribution < -0.4 is 10.7 Å². The van der Waals surface area contributed by atoms with Gasteiger partial charge in [0.05, 0.1) is 11.9 Å². The van der Waals surface area contributed by atoms with Gasteiger partial charge >= 0.3 is 0 Å². The molecule has 1 heterocycles. The van der Waals surface area contributed by atoms with E-state index in [9.17, 15) is 5.11 Å². The molecule has 3 N–H and O–H groups in total. The molecule has 0 bridgehead atoms. The predicted molar refractivity (Wildman–Crippen MR) is 101 cm³/mol. The molecule has 0 aliphatic rings. The second-order valence-corrected chi connectivity index (χ2v) is 5.42. The molecule has 120 valence electrons. The number of phenolic OH excluding ortho intramolecular Hbond substituents is 1. The molecular weight excluding hydrogens is 320 g/mol. The van der Waals surface area contributed by atoms with Gasteiger partial charge in [-0.2, -0.15) is 5.10 Å². The monoisotopic (exact) mass is 336 g/mol. The molecule has 5 nitrogen and oxygen atoms in total. The van der Waals surface area contributed by atoms with Gasteiger partial charge < -0.3 is 15.0 Å². The maximum atomic E-state index is 9.38. The van der Waals surface area contributed by atoms with Gasteiger partial charge in [-0.05, 0) is 60.7 Å². The van der Waals surface area contributed by atoms with E-state index in [-0.39, 0.29) is 5.75 Å². The summed E-state index contributed by atoms with van der Waals surface area (Å²) in [6.07, 6.45) is 3.61. The highest BCUT2D eigenvalue weighted by molar-refractivity contribution is 7.80. The zero-order valence-corrected chi connectivity index (χ0v) is 13.6. The molecule has 0 unspecified atom stereocenters. The third kappa shape index (κ3) is 3.99. The van der Waals surface area contributed by atoms with Gasteiger partial charge in [0.2, 0.25) is 0 Å². The molecule has 0 aliphatic heterocycles. The lowest BCUT2D eigenvalue weighted by molar-refractivity contribution is 0.475. The fraction of sp³-hybridized carbons (Fsp3) is 0. The number of benzene rings is 2. The van der Waals surface area contributed by atoms with E-state index < -0.39 is 0 Å². The van der Waals surface area contributed by atoms with Crippen molar-refractivity contribution in [3.63, 3.8) is 0 Å². The zero-order valence-electron chi connectivity index (χ0n) is 12.8. The number of phenols is 1. The van der Waals surface area contributed by atoms with Crippen LogP contribution in [0, 0.1) is 0 Å². The summed E-state index contributed by atoms with van der Waals surface area (Å²) in [7, 11) is 0. The van der Waals surface area contributed by atoms with Crippen LogP contribution in [0.1, 0.15) is 5.69 Å². The summed E-state index contributed by atoms with van der Waals surface area (Å²) in [5.74, 6) is 0.236. The highest BCUT2D eigenvalue weighted by atomic mass is 32.1. The van der Waals surface area contributed by atoms with E-state index in [1.165, 1.54) is 0 Å². The zero-order chi connectivity index (χ0) is 16.8. The largest absolute Gasteiger partial charge is 0.508 e. The summed E-state index contributed by atoms with van der Waals surface area (Å²) in [5, 5.41) is 17.0. The van der Waals surface area contributed by atoms with Crippen LogP contribution in [0.3, 0.4) is 0 Å². The lowest BCUT2D eigenvalue weighted by Crippen LogP contribution is -2.23. The van der Waals surface area contributed by atoms with Gasteiger partial charge in [0, 0.05) is 17.6 Å². The Balaban J connectivity index is 1.64. The number of aromatic nitrogens is 1. The normalized spacial score (nSPS) is 10.7. The van der Waals surface area contributed by atoms with Crippen LogP contribution in [0.5, 0.6) is 5.75 Å². The van der Waals surface area contributed by atoms with Gasteiger partial charge in [0.15, 0.2) is 5.11 Å². The molecule has 0 amide bonds. The molecule has 3 rings (SSSR count). The molecule has 2 aromatic carbocycles. The molecule has 3 aromatic rings. The Morgan fingerprint density at radius 1 is 1.00 bits per heavy atom. The van der Waals surface area contributed by atoms with E-state index >= 15 is 0 Å². The number of hydrazone groups is 1. The number of anilines is 1. The maximum Gasteiger partial charge on any atom is 0.191 e. The summed E-state index contributed by atoms with van der Waals surface area (Å²) in [6.45, 7) is 0. The Morgan fingerprint density at radius 3 is 2.50 bits per heavy atom. The van der Waals surface area contributed by atoms with Crippen LogP contribution in [0.4, 0.5) is 5.69 Å². The van der Waals surface area contributed by atoms with Crippen molar-refractivity contribution < 1.29 is 5.11 Å². The molecule has 0 radical (unpaired) electrons. The molecule has 1 aromatic heterocycles. The first-order chi connectivity index (χ1) is 11.7. The molecule has 0 saturated carbocycles. The van der Waals surface area contributed by atoms with Crippen molar-refractivity contribution >= 4 is 29.2 Å². The van der Waals surface area contributed by atoms with E-state index in [4.69, 9.17) is 12.2 Å². The second-order valence-electron chi connectivity index (χ2n) is 5.01. The van der Waals surface area contributed by atoms with Crippen molar-refractivity contribution in [1.82, 2.24) is 9.99 Å². The van der Waals surface area contributed by atoms with Gasteiger partial charge in [0.1, 0.15) is 5.75 Å². The highest BCUT2D eigenvalue weighted by Gasteiger charge is 2.01. The first kappa shape index (κ1) is 15.8. The lowest BCUT2D eigenvalue weighted by Gasteiger charge is -2.07. The van der Waals surface area contributed by atoms with Crippen LogP contribution >= 0.6 is 12.2 Å². The molecule has 6 heteroatoms. The minimum absolute atomic E-state index is 0.236. The van der Waals surface area contributed by atoms with Crippen molar-refractivity contribution in [2.75, 3.05) is 5.32 Å². The number of para-hydroxylation sites is 1. The highest BCUT2D eigenvalue weighted by Crippen LogP contribution is 2.15. The van der Waals surface area contributed by atoms with Gasteiger partial charge in [-0.1, -0.05) is 18.2 Å². The Hall–Kier alpha value is -3.12. The Bertz CT molecular complexity index is 841. The first-order valence-electron chi connectivity index (χ1n) is 7.34. The number of rotatable bonds is 4. The molecule has 24 heavy (non-hydrogen) atoms. The van der Waals surface area contributed by atoms with Crippen LogP contribution in [0.2, 0.25) is 0 Å². The average Bonchev–Trinajstić information content (AvgIpc) is 3.05. The van der Waals surface area contributed by atoms with Crippen LogP contribution in [0.15, 0.2) is 78.0 Å². The van der Waals surface area contributed by atoms with Crippen molar-refractivity contribution in [2.45, 2.75) is 0 Å². The van der Waals surface area contributed by atoms with Gasteiger partial charge in [0.25, 0.3) is 0 Å². The topological polar surface area (TPSA) is 61.6 Å². The SMILES string of the molecule is Oc1ccc(-n2cccc2C=NNC(=S)Nc2ccccc2)cc1. The maximum absolute atomic E-state index is 9.38. The fourth-order valence-corrected chi connectivity index (χ4v) is 2.36. The second kappa shape index (κ2) is 7.43. The quantitative estimate of drug-likeness (QED) is 0.388. The first-order valence-corrected chi connectivity index (χ1v) is 7.75. The van der Waals surface area contributed by atoms with Gasteiger partial charge in [-0.15, -0.1) is 0 Å². The Kier molecular flexibility index (Phi) is 4.88. The van der Waals surface area contributed by atoms with E-state index in [2.05, 4.69) is 15.8 Å². The molecule has 0 saturated heterocycles. The van der Waals surface area contributed by atoms with Gasteiger partial charge in [-0.25, -0.2) is 0 Å². The van der Waals surface area contributed by atoms with Crippen molar-refractivity contribution in [3.8, 4) is 11.4 Å². The minimum Gasteiger partial charge on any atom is -0.508 e. The summed E-state index contributed by atoms with van der Waals surface area (Å²) >= 11 is 5.20.